The zero-order valence-corrected chi connectivity index (χ0v) is 20.5. The number of benzene rings is 2. The lowest BCUT2D eigenvalue weighted by Gasteiger charge is -2.12. The zero-order valence-electron chi connectivity index (χ0n) is 18.8. The molecule has 0 saturated heterocycles. The molecule has 12 heteroatoms. The van der Waals surface area contributed by atoms with Crippen molar-refractivity contribution in [1.29, 1.82) is 0 Å². The number of aromatic nitrogens is 3. The third kappa shape index (κ3) is 5.62. The van der Waals surface area contributed by atoms with Crippen molar-refractivity contribution in [3.05, 3.63) is 71.7 Å². The van der Waals surface area contributed by atoms with E-state index in [9.17, 15) is 18.0 Å². The maximum Gasteiger partial charge on any atom is 0.251 e. The second-order valence-electron chi connectivity index (χ2n) is 7.62. The summed E-state index contributed by atoms with van der Waals surface area (Å²) in [4.78, 5) is 29.2. The number of hydrogen-bond donors (Lipinski definition) is 3. The van der Waals surface area contributed by atoms with Crippen LogP contribution in [0.1, 0.15) is 10.4 Å². The van der Waals surface area contributed by atoms with Crippen LogP contribution in [0, 0.1) is 0 Å². The molecule has 10 nitrogen and oxygen atoms in total. The Morgan fingerprint density at radius 3 is 2.40 bits per heavy atom. The minimum absolute atomic E-state index is 0.00712. The molecule has 3 N–H and O–H groups in total. The minimum Gasteiger partial charge on any atom is -0.343 e. The van der Waals surface area contributed by atoms with Crippen molar-refractivity contribution in [2.24, 2.45) is 0 Å². The van der Waals surface area contributed by atoms with Gasteiger partial charge in [0, 0.05) is 42.4 Å². The Balaban J connectivity index is 1.34. The van der Waals surface area contributed by atoms with Gasteiger partial charge in [-0.3, -0.25) is 14.7 Å². The third-order valence-corrected chi connectivity index (χ3v) is 7.58. The van der Waals surface area contributed by atoms with Crippen LogP contribution in [0.25, 0.3) is 22.5 Å². The van der Waals surface area contributed by atoms with Crippen LogP contribution in [-0.4, -0.2) is 60.4 Å². The number of sulfonamides is 1. The molecule has 2 aromatic heterocycles. The van der Waals surface area contributed by atoms with Crippen LogP contribution in [0.5, 0.6) is 0 Å². The van der Waals surface area contributed by atoms with E-state index in [2.05, 4.69) is 25.8 Å². The fraction of sp³-hybridized carbons (Fsp3) is 0.130. The molecule has 0 radical (unpaired) electrons. The van der Waals surface area contributed by atoms with Gasteiger partial charge < -0.3 is 10.6 Å². The Kier molecular flexibility index (Phi) is 7.05. The number of nitrogens with one attached hydrogen (secondary N) is 3. The van der Waals surface area contributed by atoms with Gasteiger partial charge in [-0.1, -0.05) is 30.3 Å². The lowest BCUT2D eigenvalue weighted by atomic mass is 10.1. The first kappa shape index (κ1) is 24.3. The number of anilines is 1. The number of amides is 2. The summed E-state index contributed by atoms with van der Waals surface area (Å²) >= 11 is 1.27. The molecule has 2 heterocycles. The van der Waals surface area contributed by atoms with Gasteiger partial charge in [0.1, 0.15) is 0 Å². The summed E-state index contributed by atoms with van der Waals surface area (Å²) in [5.41, 5.74) is 3.55. The average Bonchev–Trinajstić information content (AvgIpc) is 3.55. The molecule has 4 aromatic rings. The van der Waals surface area contributed by atoms with E-state index in [4.69, 9.17) is 0 Å². The second kappa shape index (κ2) is 10.2. The van der Waals surface area contributed by atoms with Gasteiger partial charge in [0.25, 0.3) is 5.91 Å². The highest BCUT2D eigenvalue weighted by Gasteiger charge is 2.19. The van der Waals surface area contributed by atoms with E-state index in [1.54, 1.807) is 6.20 Å². The van der Waals surface area contributed by atoms with Gasteiger partial charge in [-0.25, -0.2) is 17.7 Å². The monoisotopic (exact) mass is 510 g/mol. The Bertz CT molecular complexity index is 1450. The number of carbonyl (C=O) groups excluding carboxylic acids is 2. The molecule has 0 unspecified atom stereocenters. The summed E-state index contributed by atoms with van der Waals surface area (Å²) < 4.78 is 25.6. The third-order valence-electron chi connectivity index (χ3n) is 5.01. The zero-order chi connectivity index (χ0) is 25.0. The average molecular weight is 511 g/mol. The molecule has 4 rings (SSSR count). The molecule has 0 bridgehead atoms. The Labute approximate surface area is 206 Å². The van der Waals surface area contributed by atoms with E-state index >= 15 is 0 Å². The smallest absolute Gasteiger partial charge is 0.251 e. The molecule has 0 aliphatic heterocycles. The summed E-state index contributed by atoms with van der Waals surface area (Å²) in [5.74, 6) is -1.02. The van der Waals surface area contributed by atoms with Gasteiger partial charge in [0.05, 0.1) is 22.8 Å². The normalized spacial score (nSPS) is 11.4. The number of thiazole rings is 1. The van der Waals surface area contributed by atoms with Gasteiger partial charge in [0.15, 0.2) is 5.13 Å². The molecule has 0 aliphatic carbocycles. The molecule has 0 saturated carbocycles. The molecular weight excluding hydrogens is 488 g/mol. The molecule has 0 aliphatic rings. The molecule has 0 spiro atoms. The van der Waals surface area contributed by atoms with E-state index in [0.29, 0.717) is 10.8 Å². The lowest BCUT2D eigenvalue weighted by molar-refractivity contribution is -0.115. The SMILES string of the molecule is CN(C)S(=O)(=O)c1cccc(C(=O)NCC(=O)Nc2nc(-c3ccc(-c4cc[nH]n4)cc3)cs2)c1. The van der Waals surface area contributed by atoms with Crippen molar-refractivity contribution >= 4 is 38.3 Å². The van der Waals surface area contributed by atoms with Crippen molar-refractivity contribution in [3.63, 3.8) is 0 Å². The number of H-pyrrole nitrogens is 1. The summed E-state index contributed by atoms with van der Waals surface area (Å²) in [7, 11) is -0.858. The predicted molar refractivity (Wildman–Crippen MR) is 133 cm³/mol. The van der Waals surface area contributed by atoms with Crippen molar-refractivity contribution < 1.29 is 18.0 Å². The maximum absolute atomic E-state index is 12.4. The van der Waals surface area contributed by atoms with E-state index in [0.717, 1.165) is 21.1 Å². The predicted octanol–water partition coefficient (Wildman–Crippen LogP) is 2.82. The van der Waals surface area contributed by atoms with Crippen molar-refractivity contribution in [2.45, 2.75) is 4.90 Å². The van der Waals surface area contributed by atoms with Gasteiger partial charge in [-0.05, 0) is 24.3 Å². The van der Waals surface area contributed by atoms with Crippen LogP contribution in [0.15, 0.2) is 71.1 Å². The molecular formula is C23H22N6O4S2. The van der Waals surface area contributed by atoms with Crippen LogP contribution >= 0.6 is 11.3 Å². The number of rotatable bonds is 8. The van der Waals surface area contributed by atoms with Crippen LogP contribution in [0.3, 0.4) is 0 Å². The van der Waals surface area contributed by atoms with Gasteiger partial charge in [-0.2, -0.15) is 5.10 Å². The fourth-order valence-electron chi connectivity index (χ4n) is 3.13. The van der Waals surface area contributed by atoms with Gasteiger partial charge in [-0.15, -0.1) is 11.3 Å². The standard InChI is InChI=1S/C23H22N6O4S2/c1-29(2)35(32,33)18-5-3-4-17(12-18)22(31)24-13-21(30)27-23-26-20(14-34-23)16-8-6-15(7-9-16)19-10-11-25-28-19/h3-12,14H,13H2,1-2H3,(H,24,31)(H,25,28)(H,26,27,30). The Hall–Kier alpha value is -3.87. The minimum atomic E-state index is -3.68. The fourth-order valence-corrected chi connectivity index (χ4v) is 4.82. The Morgan fingerprint density at radius 1 is 1.03 bits per heavy atom. The highest BCUT2D eigenvalue weighted by molar-refractivity contribution is 7.89. The number of carbonyl (C=O) groups is 2. The molecule has 0 atom stereocenters. The van der Waals surface area contributed by atoms with E-state index < -0.39 is 21.8 Å². The van der Waals surface area contributed by atoms with Crippen LogP contribution in [0.2, 0.25) is 0 Å². The molecule has 2 amide bonds. The van der Waals surface area contributed by atoms with E-state index in [1.807, 2.05) is 35.7 Å². The van der Waals surface area contributed by atoms with E-state index in [1.165, 1.54) is 49.7 Å². The molecule has 0 fully saturated rings. The van der Waals surface area contributed by atoms with Gasteiger partial charge in [0.2, 0.25) is 15.9 Å². The number of aromatic amines is 1. The number of hydrogen-bond acceptors (Lipinski definition) is 7. The van der Waals surface area contributed by atoms with Crippen LogP contribution in [-0.2, 0) is 14.8 Å². The first-order valence-electron chi connectivity index (χ1n) is 10.4. The van der Waals surface area contributed by atoms with Gasteiger partial charge >= 0.3 is 0 Å². The van der Waals surface area contributed by atoms with E-state index in [-0.39, 0.29) is 17.0 Å². The Morgan fingerprint density at radius 2 is 1.74 bits per heavy atom. The summed E-state index contributed by atoms with van der Waals surface area (Å²) in [5, 5.41) is 14.3. The van der Waals surface area contributed by atoms with Crippen LogP contribution < -0.4 is 10.6 Å². The topological polar surface area (TPSA) is 137 Å². The first-order valence-corrected chi connectivity index (χ1v) is 12.7. The quantitative estimate of drug-likeness (QED) is 0.333. The largest absolute Gasteiger partial charge is 0.343 e. The highest BCUT2D eigenvalue weighted by atomic mass is 32.2. The van der Waals surface area contributed by atoms with Crippen LogP contribution in [0.4, 0.5) is 5.13 Å². The molecule has 2 aromatic carbocycles. The second-order valence-corrected chi connectivity index (χ2v) is 10.6. The summed E-state index contributed by atoms with van der Waals surface area (Å²) in [6, 6.07) is 15.2. The molecule has 35 heavy (non-hydrogen) atoms. The summed E-state index contributed by atoms with van der Waals surface area (Å²) in [6.07, 6.45) is 1.76. The maximum atomic E-state index is 12.4. The van der Waals surface area contributed by atoms with Crippen molar-refractivity contribution in [1.82, 2.24) is 24.8 Å². The van der Waals surface area contributed by atoms with Crippen molar-refractivity contribution in [2.75, 3.05) is 26.0 Å². The first-order chi connectivity index (χ1) is 16.7. The lowest BCUT2D eigenvalue weighted by Crippen LogP contribution is -2.33. The number of nitrogens with zero attached hydrogens (tertiary/aromatic N) is 3. The molecule has 180 valence electrons. The summed E-state index contributed by atoms with van der Waals surface area (Å²) in [6.45, 7) is -0.295. The van der Waals surface area contributed by atoms with Crippen molar-refractivity contribution in [3.8, 4) is 22.5 Å². The highest BCUT2D eigenvalue weighted by Crippen LogP contribution is 2.27.